The molecule has 3 nitrogen and oxygen atoms in total. The molecule has 0 aliphatic heterocycles. The van der Waals surface area contributed by atoms with Gasteiger partial charge < -0.3 is 14.8 Å². The minimum atomic E-state index is -4.72. The Morgan fingerprint density at radius 3 is 2.40 bits per heavy atom. The van der Waals surface area contributed by atoms with Gasteiger partial charge in [-0.2, -0.15) is 0 Å². The average Bonchev–Trinajstić information content (AvgIpc) is 1.99. The lowest BCUT2D eigenvalue weighted by atomic mass is 9.64. The van der Waals surface area contributed by atoms with Crippen molar-refractivity contribution in [3.05, 3.63) is 24.0 Å². The molecule has 84 valence electrons. The van der Waals surface area contributed by atoms with Crippen molar-refractivity contribution in [1.29, 1.82) is 0 Å². The van der Waals surface area contributed by atoms with Crippen LogP contribution in [0.1, 0.15) is 6.92 Å². The molecule has 0 fully saturated rings. The summed E-state index contributed by atoms with van der Waals surface area (Å²) in [6.07, 6.45) is -1.15. The van der Waals surface area contributed by atoms with Crippen molar-refractivity contribution in [2.75, 3.05) is 0 Å². The molecule has 2 atom stereocenters. The van der Waals surface area contributed by atoms with Gasteiger partial charge in [-0.1, -0.05) is 13.0 Å². The Bertz CT molecular complexity index is 285. The van der Waals surface area contributed by atoms with E-state index in [1.165, 1.54) is 12.2 Å². The van der Waals surface area contributed by atoms with Crippen LogP contribution >= 0.6 is 0 Å². The molecule has 7 heteroatoms. The summed E-state index contributed by atoms with van der Waals surface area (Å²) in [5, 5.41) is 17.8. The van der Waals surface area contributed by atoms with E-state index in [1.54, 1.807) is 6.92 Å². The Morgan fingerprint density at radius 2 is 2.00 bits per heavy atom. The van der Waals surface area contributed by atoms with E-state index in [0.717, 1.165) is 6.08 Å². The predicted molar refractivity (Wildman–Crippen MR) is 47.5 cm³/mol. The molecule has 0 bridgehead atoms. The third-order valence-electron chi connectivity index (χ3n) is 2.09. The predicted octanol–water partition coefficient (Wildman–Crippen LogP) is 1.46. The van der Waals surface area contributed by atoms with E-state index < -0.39 is 25.2 Å². The van der Waals surface area contributed by atoms with E-state index in [1.807, 2.05) is 0 Å². The van der Waals surface area contributed by atoms with Gasteiger partial charge in [0, 0.05) is 5.82 Å². The normalized spacial score (nSPS) is 26.1. The zero-order valence-electron chi connectivity index (χ0n) is 7.90. The maximum Gasteiger partial charge on any atom is 0.573 e. The van der Waals surface area contributed by atoms with Crippen molar-refractivity contribution in [3.63, 3.8) is 0 Å². The molecule has 0 aromatic heterocycles. The highest BCUT2D eigenvalue weighted by Gasteiger charge is 2.34. The summed E-state index contributed by atoms with van der Waals surface area (Å²) in [5.74, 6) is -1.36. The lowest BCUT2D eigenvalue weighted by Crippen LogP contribution is -2.25. The Balaban J connectivity index is 2.67. The van der Waals surface area contributed by atoms with E-state index in [9.17, 15) is 13.2 Å². The van der Waals surface area contributed by atoms with Crippen LogP contribution in [0.15, 0.2) is 24.0 Å². The molecule has 1 rings (SSSR count). The second-order valence-electron chi connectivity index (χ2n) is 3.33. The van der Waals surface area contributed by atoms with Crippen molar-refractivity contribution in [2.45, 2.75) is 19.1 Å². The molecule has 0 aromatic rings. The quantitative estimate of drug-likeness (QED) is 0.695. The first-order valence-electron chi connectivity index (χ1n) is 4.31. The van der Waals surface area contributed by atoms with Crippen LogP contribution in [-0.2, 0) is 4.74 Å². The zero-order valence-corrected chi connectivity index (χ0v) is 7.90. The summed E-state index contributed by atoms with van der Waals surface area (Å²) in [4.78, 5) is 0. The number of hydrogen-bond acceptors (Lipinski definition) is 3. The van der Waals surface area contributed by atoms with Gasteiger partial charge in [0.05, 0.1) is 0 Å². The van der Waals surface area contributed by atoms with Crippen LogP contribution in [0.5, 0.6) is 0 Å². The molecule has 0 radical (unpaired) electrons. The van der Waals surface area contributed by atoms with E-state index >= 15 is 0 Å². The van der Waals surface area contributed by atoms with Gasteiger partial charge in [0.1, 0.15) is 5.76 Å². The van der Waals surface area contributed by atoms with Gasteiger partial charge in [0.25, 0.3) is 0 Å². The highest BCUT2D eigenvalue weighted by atomic mass is 19.4. The Labute approximate surface area is 85.0 Å². The summed E-state index contributed by atoms with van der Waals surface area (Å²) >= 11 is 0. The standard InChI is InChI=1S/C8H10BF3O3/c1-5-4-6(15-8(10,11)12)2-3-7(5)9(13)14/h2-5,7,13-14H,1H3. The van der Waals surface area contributed by atoms with Crippen LogP contribution in [0.4, 0.5) is 13.2 Å². The summed E-state index contributed by atoms with van der Waals surface area (Å²) < 4.78 is 39.2. The van der Waals surface area contributed by atoms with Crippen molar-refractivity contribution < 1.29 is 28.0 Å². The molecule has 0 spiro atoms. The number of rotatable bonds is 2. The molecule has 2 unspecified atom stereocenters. The lowest BCUT2D eigenvalue weighted by Gasteiger charge is -2.22. The largest absolute Gasteiger partial charge is 0.573 e. The second-order valence-corrected chi connectivity index (χ2v) is 3.33. The molecular formula is C8H10BF3O3. The van der Waals surface area contributed by atoms with Crippen LogP contribution in [0.3, 0.4) is 0 Å². The van der Waals surface area contributed by atoms with Gasteiger partial charge in [-0.15, -0.1) is 13.2 Å². The molecule has 0 saturated heterocycles. The number of allylic oxidation sites excluding steroid dienone is 3. The summed E-state index contributed by atoms with van der Waals surface area (Å²) in [6.45, 7) is 1.58. The molecule has 0 saturated carbocycles. The molecule has 1 aliphatic carbocycles. The Hall–Kier alpha value is -0.945. The van der Waals surface area contributed by atoms with Crippen LogP contribution in [-0.4, -0.2) is 23.5 Å². The minimum Gasteiger partial charge on any atom is -0.427 e. The Kier molecular flexibility index (Phi) is 3.46. The van der Waals surface area contributed by atoms with E-state index in [-0.39, 0.29) is 5.76 Å². The molecule has 0 heterocycles. The number of ether oxygens (including phenoxy) is 1. The van der Waals surface area contributed by atoms with E-state index in [2.05, 4.69) is 4.74 Å². The average molecular weight is 222 g/mol. The number of halogens is 3. The van der Waals surface area contributed by atoms with Gasteiger partial charge in [-0.25, -0.2) is 0 Å². The maximum atomic E-state index is 11.8. The molecular weight excluding hydrogens is 212 g/mol. The fourth-order valence-corrected chi connectivity index (χ4v) is 1.38. The minimum absolute atomic E-state index is 0.327. The molecule has 2 N–H and O–H groups in total. The highest BCUT2D eigenvalue weighted by Crippen LogP contribution is 2.31. The van der Waals surface area contributed by atoms with Gasteiger partial charge >= 0.3 is 13.5 Å². The van der Waals surface area contributed by atoms with E-state index in [4.69, 9.17) is 10.0 Å². The maximum absolute atomic E-state index is 11.8. The highest BCUT2D eigenvalue weighted by molar-refractivity contribution is 6.44. The third kappa shape index (κ3) is 3.60. The lowest BCUT2D eigenvalue weighted by molar-refractivity contribution is -0.303. The van der Waals surface area contributed by atoms with Crippen molar-refractivity contribution >= 4 is 7.12 Å². The molecule has 0 amide bonds. The fourth-order valence-electron chi connectivity index (χ4n) is 1.38. The first-order valence-corrected chi connectivity index (χ1v) is 4.31. The first-order chi connectivity index (χ1) is 6.79. The van der Waals surface area contributed by atoms with Gasteiger partial charge in [0.15, 0.2) is 0 Å². The number of hydrogen-bond donors (Lipinski definition) is 2. The van der Waals surface area contributed by atoms with Crippen LogP contribution in [0.25, 0.3) is 0 Å². The summed E-state index contributed by atoms with van der Waals surface area (Å²) in [7, 11) is -1.58. The summed E-state index contributed by atoms with van der Waals surface area (Å²) in [6, 6.07) is 0. The SMILES string of the molecule is CC1C=C(OC(F)(F)F)C=CC1B(O)O. The smallest absolute Gasteiger partial charge is 0.427 e. The van der Waals surface area contributed by atoms with E-state index in [0.29, 0.717) is 0 Å². The molecule has 1 aliphatic rings. The van der Waals surface area contributed by atoms with Crippen molar-refractivity contribution in [1.82, 2.24) is 0 Å². The van der Waals surface area contributed by atoms with Gasteiger partial charge in [-0.3, -0.25) is 0 Å². The topological polar surface area (TPSA) is 49.7 Å². The third-order valence-corrected chi connectivity index (χ3v) is 2.09. The zero-order chi connectivity index (χ0) is 11.6. The Morgan fingerprint density at radius 1 is 1.40 bits per heavy atom. The number of alkyl halides is 3. The van der Waals surface area contributed by atoms with Crippen LogP contribution < -0.4 is 0 Å². The molecule has 15 heavy (non-hydrogen) atoms. The van der Waals surface area contributed by atoms with Crippen molar-refractivity contribution in [3.8, 4) is 0 Å². The first kappa shape index (κ1) is 12.1. The summed E-state index contributed by atoms with van der Waals surface area (Å²) in [5.41, 5.74) is 0. The second kappa shape index (κ2) is 4.28. The fraction of sp³-hybridized carbons (Fsp3) is 0.500. The van der Waals surface area contributed by atoms with Crippen LogP contribution in [0.2, 0.25) is 5.82 Å². The molecule has 0 aromatic carbocycles. The van der Waals surface area contributed by atoms with Crippen molar-refractivity contribution in [2.24, 2.45) is 5.92 Å². The van der Waals surface area contributed by atoms with Gasteiger partial charge in [-0.05, 0) is 18.1 Å². The van der Waals surface area contributed by atoms with Crippen LogP contribution in [0, 0.1) is 5.92 Å². The van der Waals surface area contributed by atoms with Gasteiger partial charge in [0.2, 0.25) is 0 Å². The monoisotopic (exact) mass is 222 g/mol.